The number of rotatable bonds is 3. The monoisotopic (exact) mass is 300 g/mol. The Morgan fingerprint density at radius 2 is 1.91 bits per heavy atom. The van der Waals surface area contributed by atoms with Crippen LogP contribution in [-0.4, -0.2) is 29.9 Å². The van der Waals surface area contributed by atoms with Gasteiger partial charge in [0, 0.05) is 19.1 Å². The minimum Gasteiger partial charge on any atom is -0.342 e. The summed E-state index contributed by atoms with van der Waals surface area (Å²) in [6.07, 6.45) is 7.62. The molecule has 0 bridgehead atoms. The molecule has 3 nitrogen and oxygen atoms in total. The number of hydrogen-bond acceptors (Lipinski definition) is 2. The molecule has 0 spiro atoms. The molecule has 3 heteroatoms. The fourth-order valence-corrected chi connectivity index (χ4v) is 3.86. The van der Waals surface area contributed by atoms with Crippen molar-refractivity contribution < 1.29 is 4.79 Å². The minimum absolute atomic E-state index is 0.248. The predicted octanol–water partition coefficient (Wildman–Crippen LogP) is 2.69. The number of carbonyl (C=O) groups excluding carboxylic acids is 1. The summed E-state index contributed by atoms with van der Waals surface area (Å²) in [6.45, 7) is 3.82. The molecule has 1 fully saturated rings. The van der Waals surface area contributed by atoms with Gasteiger partial charge in [-0.15, -0.1) is 0 Å². The smallest absolute Gasteiger partial charge is 0.226 e. The largest absolute Gasteiger partial charge is 0.342 e. The number of nitrogens with two attached hydrogens (primary N) is 1. The maximum absolute atomic E-state index is 12.5. The first-order chi connectivity index (χ1) is 10.6. The van der Waals surface area contributed by atoms with E-state index in [4.69, 9.17) is 5.73 Å². The maximum atomic E-state index is 12.5. The van der Waals surface area contributed by atoms with E-state index in [1.165, 1.54) is 42.4 Å². The highest BCUT2D eigenvalue weighted by molar-refractivity contribution is 5.79. The van der Waals surface area contributed by atoms with Gasteiger partial charge in [-0.1, -0.05) is 18.2 Å². The summed E-state index contributed by atoms with van der Waals surface area (Å²) in [5.41, 5.74) is 10.1. The van der Waals surface area contributed by atoms with E-state index in [0.717, 1.165) is 25.9 Å². The molecular formula is C19H28N2O. The number of carbonyl (C=O) groups is 1. The summed E-state index contributed by atoms with van der Waals surface area (Å²) >= 11 is 0. The normalized spacial score (nSPS) is 20.5. The highest BCUT2D eigenvalue weighted by Crippen LogP contribution is 2.24. The molecule has 1 amide bonds. The first-order valence-electron chi connectivity index (χ1n) is 8.77. The molecule has 0 aromatic heterocycles. The van der Waals surface area contributed by atoms with E-state index in [0.29, 0.717) is 12.3 Å². The van der Waals surface area contributed by atoms with Crippen LogP contribution in [0.5, 0.6) is 0 Å². The van der Waals surface area contributed by atoms with Gasteiger partial charge in [-0.2, -0.15) is 0 Å². The Hall–Kier alpha value is -1.35. The zero-order chi connectivity index (χ0) is 15.5. The Balaban J connectivity index is 1.58. The molecule has 1 saturated heterocycles. The second kappa shape index (κ2) is 6.82. The number of fused-ring (bicyclic) bond motifs is 1. The molecule has 0 radical (unpaired) electrons. The van der Waals surface area contributed by atoms with E-state index in [9.17, 15) is 4.79 Å². The Morgan fingerprint density at radius 3 is 2.59 bits per heavy atom. The van der Waals surface area contributed by atoms with Crippen LogP contribution in [0.25, 0.3) is 0 Å². The van der Waals surface area contributed by atoms with Crippen LogP contribution in [0.2, 0.25) is 0 Å². The highest BCUT2D eigenvalue weighted by Gasteiger charge is 2.24. The van der Waals surface area contributed by atoms with E-state index in [2.05, 4.69) is 25.1 Å². The number of benzene rings is 1. The number of nitrogens with zero attached hydrogens (tertiary/aromatic N) is 1. The lowest BCUT2D eigenvalue weighted by Crippen LogP contribution is -2.43. The van der Waals surface area contributed by atoms with E-state index in [-0.39, 0.29) is 11.9 Å². The number of likely N-dealkylation sites (tertiary alicyclic amines) is 1. The number of amides is 1. The molecule has 3 rings (SSSR count). The molecule has 1 unspecified atom stereocenters. The van der Waals surface area contributed by atoms with Gasteiger partial charge in [-0.3, -0.25) is 4.79 Å². The summed E-state index contributed by atoms with van der Waals surface area (Å²) < 4.78 is 0. The molecule has 1 heterocycles. The third-order valence-corrected chi connectivity index (χ3v) is 5.40. The van der Waals surface area contributed by atoms with Crippen LogP contribution in [0.15, 0.2) is 18.2 Å². The molecule has 1 aromatic rings. The van der Waals surface area contributed by atoms with Crippen LogP contribution in [0.4, 0.5) is 0 Å². The molecule has 0 saturated carbocycles. The number of hydrogen-bond donors (Lipinski definition) is 1. The maximum Gasteiger partial charge on any atom is 0.226 e. The van der Waals surface area contributed by atoms with Crippen molar-refractivity contribution in [3.05, 3.63) is 34.9 Å². The Kier molecular flexibility index (Phi) is 4.82. The average molecular weight is 300 g/mol. The standard InChI is InChI=1S/C19H28N2O/c1-14(20)16-8-10-21(11-9-16)19(22)13-15-6-7-17-4-2-3-5-18(17)12-15/h6-7,12,14,16H,2-5,8-11,13,20H2,1H3. The molecule has 22 heavy (non-hydrogen) atoms. The van der Waals surface area contributed by atoms with Crippen molar-refractivity contribution in [3.8, 4) is 0 Å². The molecule has 1 aromatic carbocycles. The lowest BCUT2D eigenvalue weighted by Gasteiger charge is -2.33. The van der Waals surface area contributed by atoms with Crippen LogP contribution < -0.4 is 5.73 Å². The third kappa shape index (κ3) is 3.52. The lowest BCUT2D eigenvalue weighted by atomic mass is 9.89. The van der Waals surface area contributed by atoms with Gasteiger partial charge >= 0.3 is 0 Å². The van der Waals surface area contributed by atoms with Crippen molar-refractivity contribution in [1.29, 1.82) is 0 Å². The van der Waals surface area contributed by atoms with Crippen molar-refractivity contribution in [3.63, 3.8) is 0 Å². The van der Waals surface area contributed by atoms with Gasteiger partial charge < -0.3 is 10.6 Å². The van der Waals surface area contributed by atoms with E-state index < -0.39 is 0 Å². The quantitative estimate of drug-likeness (QED) is 0.933. The van der Waals surface area contributed by atoms with Crippen LogP contribution in [0.1, 0.15) is 49.3 Å². The van der Waals surface area contributed by atoms with E-state index in [1.54, 1.807) is 0 Å². The predicted molar refractivity (Wildman–Crippen MR) is 89.7 cm³/mol. The molecule has 2 aliphatic rings. The second-order valence-corrected chi connectivity index (χ2v) is 7.06. The van der Waals surface area contributed by atoms with Gasteiger partial charge in [0.1, 0.15) is 0 Å². The Morgan fingerprint density at radius 1 is 1.23 bits per heavy atom. The van der Waals surface area contributed by atoms with Gasteiger partial charge in [0.15, 0.2) is 0 Å². The SMILES string of the molecule is CC(N)C1CCN(C(=O)Cc2ccc3c(c2)CCCC3)CC1. The molecule has 2 N–H and O–H groups in total. The van der Waals surface area contributed by atoms with Crippen molar-refractivity contribution in [2.75, 3.05) is 13.1 Å². The van der Waals surface area contributed by atoms with Crippen molar-refractivity contribution in [2.24, 2.45) is 11.7 Å². The zero-order valence-electron chi connectivity index (χ0n) is 13.7. The summed E-state index contributed by atoms with van der Waals surface area (Å²) in [5.74, 6) is 0.853. The first-order valence-corrected chi connectivity index (χ1v) is 8.77. The average Bonchev–Trinajstić information content (AvgIpc) is 2.55. The highest BCUT2D eigenvalue weighted by atomic mass is 16.2. The molecule has 120 valence electrons. The summed E-state index contributed by atoms with van der Waals surface area (Å²) in [7, 11) is 0. The third-order valence-electron chi connectivity index (χ3n) is 5.40. The molecule has 1 atom stereocenters. The van der Waals surface area contributed by atoms with Crippen LogP contribution in [0, 0.1) is 5.92 Å². The van der Waals surface area contributed by atoms with Gasteiger partial charge in [-0.05, 0) is 68.1 Å². The van der Waals surface area contributed by atoms with Crippen molar-refractivity contribution in [1.82, 2.24) is 4.90 Å². The van der Waals surface area contributed by atoms with Crippen LogP contribution in [-0.2, 0) is 24.1 Å². The fourth-order valence-electron chi connectivity index (χ4n) is 3.86. The van der Waals surface area contributed by atoms with Gasteiger partial charge in [0.05, 0.1) is 6.42 Å². The van der Waals surface area contributed by atoms with Crippen molar-refractivity contribution in [2.45, 2.75) is 57.9 Å². The number of aryl methyl sites for hydroxylation is 2. The van der Waals surface area contributed by atoms with E-state index in [1.807, 2.05) is 4.90 Å². The topological polar surface area (TPSA) is 46.3 Å². The zero-order valence-corrected chi connectivity index (χ0v) is 13.7. The summed E-state index contributed by atoms with van der Waals surface area (Å²) in [5, 5.41) is 0. The Labute approximate surface area is 133 Å². The lowest BCUT2D eigenvalue weighted by molar-refractivity contribution is -0.131. The molecule has 1 aliphatic heterocycles. The second-order valence-electron chi connectivity index (χ2n) is 7.06. The van der Waals surface area contributed by atoms with Crippen LogP contribution >= 0.6 is 0 Å². The number of piperidine rings is 1. The van der Waals surface area contributed by atoms with Gasteiger partial charge in [0.2, 0.25) is 5.91 Å². The minimum atomic E-state index is 0.248. The first kappa shape index (κ1) is 15.5. The molecule has 1 aliphatic carbocycles. The van der Waals surface area contributed by atoms with Gasteiger partial charge in [-0.25, -0.2) is 0 Å². The summed E-state index contributed by atoms with van der Waals surface area (Å²) in [6, 6.07) is 6.90. The van der Waals surface area contributed by atoms with E-state index >= 15 is 0 Å². The molecular weight excluding hydrogens is 272 g/mol. The van der Waals surface area contributed by atoms with Crippen molar-refractivity contribution >= 4 is 5.91 Å². The van der Waals surface area contributed by atoms with Gasteiger partial charge in [0.25, 0.3) is 0 Å². The van der Waals surface area contributed by atoms with Crippen LogP contribution in [0.3, 0.4) is 0 Å². The fraction of sp³-hybridized carbons (Fsp3) is 0.632. The summed E-state index contributed by atoms with van der Waals surface area (Å²) in [4.78, 5) is 14.5. The Bertz CT molecular complexity index is 530.